The first-order chi connectivity index (χ1) is 8.76. The summed E-state index contributed by atoms with van der Waals surface area (Å²) < 4.78 is 10.4. The Morgan fingerprint density at radius 1 is 1.33 bits per heavy atom. The third-order valence-corrected chi connectivity index (χ3v) is 3.30. The van der Waals surface area contributed by atoms with E-state index in [-0.39, 0.29) is 5.78 Å². The van der Waals surface area contributed by atoms with Crippen molar-refractivity contribution in [2.45, 2.75) is 6.42 Å². The van der Waals surface area contributed by atoms with Gasteiger partial charge in [0.1, 0.15) is 0 Å². The third-order valence-electron chi connectivity index (χ3n) is 2.52. The molecule has 0 spiro atoms. The fraction of sp³-hybridized carbons (Fsp3) is 0.231. The van der Waals surface area contributed by atoms with Crippen LogP contribution in [-0.2, 0) is 6.42 Å². The van der Waals surface area contributed by atoms with Crippen molar-refractivity contribution in [2.24, 2.45) is 0 Å². The zero-order valence-electron chi connectivity index (χ0n) is 10.2. The molecule has 1 aromatic carbocycles. The summed E-state index contributed by atoms with van der Waals surface area (Å²) in [4.78, 5) is 17.1. The van der Waals surface area contributed by atoms with Gasteiger partial charge in [0.2, 0.25) is 0 Å². The van der Waals surface area contributed by atoms with Crippen LogP contribution in [0.5, 0.6) is 11.5 Å². The van der Waals surface area contributed by atoms with Crippen LogP contribution < -0.4 is 9.47 Å². The fourth-order valence-corrected chi connectivity index (χ4v) is 2.28. The van der Waals surface area contributed by atoms with Crippen molar-refractivity contribution in [2.75, 3.05) is 14.2 Å². The lowest BCUT2D eigenvalue weighted by atomic mass is 10.1. The molecule has 0 aliphatic rings. The van der Waals surface area contributed by atoms with E-state index in [4.69, 9.17) is 9.47 Å². The summed E-state index contributed by atoms with van der Waals surface area (Å²) in [5.74, 6) is 1.04. The maximum atomic E-state index is 12.2. The van der Waals surface area contributed by atoms with Gasteiger partial charge in [-0.3, -0.25) is 9.78 Å². The lowest BCUT2D eigenvalue weighted by molar-refractivity contribution is 0.0990. The number of hydrogen-bond acceptors (Lipinski definition) is 5. The first-order valence-electron chi connectivity index (χ1n) is 5.37. The van der Waals surface area contributed by atoms with Gasteiger partial charge in [0.25, 0.3) is 0 Å². The number of carbonyl (C=O) groups excluding carboxylic acids is 1. The minimum atomic E-state index is -0.00463. The quantitative estimate of drug-likeness (QED) is 0.778. The second-order valence-electron chi connectivity index (χ2n) is 3.61. The Morgan fingerprint density at radius 3 is 2.78 bits per heavy atom. The Hall–Kier alpha value is -1.88. The number of carbonyl (C=O) groups is 1. The molecule has 1 heterocycles. The number of thiazole rings is 1. The van der Waals surface area contributed by atoms with Gasteiger partial charge < -0.3 is 9.47 Å². The van der Waals surface area contributed by atoms with Crippen LogP contribution in [0.15, 0.2) is 29.9 Å². The second-order valence-corrected chi connectivity index (χ2v) is 4.58. The Labute approximate surface area is 109 Å². The summed E-state index contributed by atoms with van der Waals surface area (Å²) in [5.41, 5.74) is 2.25. The summed E-state index contributed by atoms with van der Waals surface area (Å²) in [5, 5.41) is 0. The highest BCUT2D eigenvalue weighted by Gasteiger charge is 2.16. The molecule has 5 heteroatoms. The van der Waals surface area contributed by atoms with E-state index in [1.807, 2.05) is 0 Å². The number of methoxy groups -OCH3 is 2. The highest BCUT2D eigenvalue weighted by molar-refractivity contribution is 7.09. The van der Waals surface area contributed by atoms with Crippen molar-refractivity contribution in [1.82, 2.24) is 4.98 Å². The molecule has 1 aromatic heterocycles. The van der Waals surface area contributed by atoms with E-state index < -0.39 is 0 Å². The molecule has 2 rings (SSSR count). The molecule has 0 amide bonds. The maximum Gasteiger partial charge on any atom is 0.171 e. The van der Waals surface area contributed by atoms with Gasteiger partial charge in [-0.15, -0.1) is 11.3 Å². The third kappa shape index (κ3) is 2.51. The van der Waals surface area contributed by atoms with Gasteiger partial charge in [-0.05, 0) is 12.1 Å². The Bertz CT molecular complexity index is 537. The largest absolute Gasteiger partial charge is 0.493 e. The van der Waals surface area contributed by atoms with Crippen LogP contribution in [0, 0.1) is 0 Å². The van der Waals surface area contributed by atoms with Crippen LogP contribution in [0.1, 0.15) is 15.2 Å². The lowest BCUT2D eigenvalue weighted by Gasteiger charge is -2.11. The molecule has 0 atom stereocenters. The highest BCUT2D eigenvalue weighted by atomic mass is 32.1. The molecule has 0 fully saturated rings. The van der Waals surface area contributed by atoms with E-state index in [9.17, 15) is 4.79 Å². The number of hydrogen-bond donors (Lipinski definition) is 0. The zero-order valence-corrected chi connectivity index (χ0v) is 11.0. The Balaban J connectivity index is 2.29. The highest BCUT2D eigenvalue weighted by Crippen LogP contribution is 2.31. The molecular weight excluding hydrogens is 250 g/mol. The van der Waals surface area contributed by atoms with Crippen molar-refractivity contribution >= 4 is 17.1 Å². The lowest BCUT2D eigenvalue weighted by Crippen LogP contribution is -2.06. The second kappa shape index (κ2) is 5.64. The predicted molar refractivity (Wildman–Crippen MR) is 69.7 cm³/mol. The number of ketones is 1. The number of aromatic nitrogens is 1. The predicted octanol–water partition coefficient (Wildman–Crippen LogP) is 2.59. The molecule has 94 valence electrons. The zero-order chi connectivity index (χ0) is 13.0. The number of para-hydroxylation sites is 1. The van der Waals surface area contributed by atoms with Crippen LogP contribution in [0.2, 0.25) is 0 Å². The molecule has 4 nitrogen and oxygen atoms in total. The molecule has 0 N–H and O–H groups in total. The molecule has 18 heavy (non-hydrogen) atoms. The van der Waals surface area contributed by atoms with E-state index >= 15 is 0 Å². The van der Waals surface area contributed by atoms with Crippen molar-refractivity contribution in [3.05, 3.63) is 40.3 Å². The SMILES string of the molecule is COc1cccc(C(=O)Cc2cncs2)c1OC. The molecule has 0 saturated heterocycles. The van der Waals surface area contributed by atoms with Gasteiger partial charge in [0.15, 0.2) is 17.3 Å². The Morgan fingerprint density at radius 2 is 2.17 bits per heavy atom. The van der Waals surface area contributed by atoms with Gasteiger partial charge in [-0.25, -0.2) is 0 Å². The van der Waals surface area contributed by atoms with E-state index in [2.05, 4.69) is 4.98 Å². The molecule has 0 unspecified atom stereocenters. The topological polar surface area (TPSA) is 48.4 Å². The standard InChI is InChI=1S/C13H13NO3S/c1-16-12-5-3-4-10(13(12)17-2)11(15)6-9-7-14-8-18-9/h3-5,7-8H,6H2,1-2H3. The molecule has 0 saturated carbocycles. The van der Waals surface area contributed by atoms with E-state index in [1.165, 1.54) is 18.4 Å². The summed E-state index contributed by atoms with van der Waals surface area (Å²) in [6.45, 7) is 0. The van der Waals surface area contributed by atoms with Gasteiger partial charge in [-0.2, -0.15) is 0 Å². The average Bonchev–Trinajstić information content (AvgIpc) is 2.90. The maximum absolute atomic E-state index is 12.2. The van der Waals surface area contributed by atoms with Crippen LogP contribution in [0.25, 0.3) is 0 Å². The van der Waals surface area contributed by atoms with Gasteiger partial charge in [0, 0.05) is 17.5 Å². The molecule has 0 bridgehead atoms. The number of Topliss-reactive ketones (excluding diaryl/α,β-unsaturated/α-hetero) is 1. The van der Waals surface area contributed by atoms with Gasteiger partial charge >= 0.3 is 0 Å². The number of nitrogens with zero attached hydrogens (tertiary/aromatic N) is 1. The van der Waals surface area contributed by atoms with Crippen LogP contribution in [0.4, 0.5) is 0 Å². The average molecular weight is 263 g/mol. The molecule has 0 aliphatic carbocycles. The number of rotatable bonds is 5. The Kier molecular flexibility index (Phi) is 3.94. The summed E-state index contributed by atoms with van der Waals surface area (Å²) in [6.07, 6.45) is 2.03. The fourth-order valence-electron chi connectivity index (χ4n) is 1.69. The van der Waals surface area contributed by atoms with Crippen LogP contribution in [0.3, 0.4) is 0 Å². The smallest absolute Gasteiger partial charge is 0.171 e. The summed E-state index contributed by atoms with van der Waals surface area (Å²) in [7, 11) is 3.08. The van der Waals surface area contributed by atoms with E-state index in [1.54, 1.807) is 37.0 Å². The van der Waals surface area contributed by atoms with Crippen molar-refractivity contribution in [3.63, 3.8) is 0 Å². The normalized spacial score (nSPS) is 10.1. The minimum Gasteiger partial charge on any atom is -0.493 e. The van der Waals surface area contributed by atoms with Crippen molar-refractivity contribution in [1.29, 1.82) is 0 Å². The summed E-state index contributed by atoms with van der Waals surface area (Å²) in [6, 6.07) is 5.29. The van der Waals surface area contributed by atoms with Gasteiger partial charge in [0.05, 0.1) is 25.3 Å². The van der Waals surface area contributed by atoms with Gasteiger partial charge in [-0.1, -0.05) is 6.07 Å². The molecule has 0 aliphatic heterocycles. The van der Waals surface area contributed by atoms with E-state index in [0.717, 1.165) is 4.88 Å². The van der Waals surface area contributed by atoms with Crippen molar-refractivity contribution < 1.29 is 14.3 Å². The van der Waals surface area contributed by atoms with Crippen LogP contribution in [-0.4, -0.2) is 25.0 Å². The first-order valence-corrected chi connectivity index (χ1v) is 6.25. The molecule has 2 aromatic rings. The number of ether oxygens (including phenoxy) is 2. The van der Waals surface area contributed by atoms with Crippen LogP contribution >= 0.6 is 11.3 Å². The number of benzene rings is 1. The minimum absolute atomic E-state index is 0.00463. The molecule has 0 radical (unpaired) electrons. The van der Waals surface area contributed by atoms with E-state index in [0.29, 0.717) is 23.5 Å². The molecular formula is C13H13NO3S. The summed E-state index contributed by atoms with van der Waals surface area (Å²) >= 11 is 1.47. The monoisotopic (exact) mass is 263 g/mol. The van der Waals surface area contributed by atoms with Crippen molar-refractivity contribution in [3.8, 4) is 11.5 Å². The first kappa shape index (κ1) is 12.6.